The Morgan fingerprint density at radius 2 is 0.839 bits per heavy atom. The van der Waals surface area contributed by atoms with Crippen molar-refractivity contribution < 1.29 is 4.42 Å². The maximum Gasteiger partial charge on any atom is 0.143 e. The Labute approximate surface area is 325 Å². The maximum atomic E-state index is 6.91. The van der Waals surface area contributed by atoms with Crippen LogP contribution >= 0.6 is 0 Å². The van der Waals surface area contributed by atoms with Gasteiger partial charge in [0.05, 0.1) is 0 Å². The summed E-state index contributed by atoms with van der Waals surface area (Å²) in [6, 6.07) is 76.4. The number of anilines is 3. The molecule has 0 saturated heterocycles. The summed E-state index contributed by atoms with van der Waals surface area (Å²) < 4.78 is 6.91. The zero-order valence-corrected chi connectivity index (χ0v) is 30.6. The summed E-state index contributed by atoms with van der Waals surface area (Å²) in [7, 11) is 0. The van der Waals surface area contributed by atoms with Crippen molar-refractivity contribution in [1.29, 1.82) is 0 Å². The van der Waals surface area contributed by atoms with E-state index in [1.807, 2.05) is 0 Å². The molecule has 0 amide bonds. The Kier molecular flexibility index (Phi) is 7.53. The van der Waals surface area contributed by atoms with Gasteiger partial charge in [-0.1, -0.05) is 164 Å². The first-order valence-corrected chi connectivity index (χ1v) is 19.2. The van der Waals surface area contributed by atoms with Crippen LogP contribution in [0.1, 0.15) is 0 Å². The highest BCUT2D eigenvalue weighted by atomic mass is 16.3. The molecule has 262 valence electrons. The number of fused-ring (bicyclic) bond motifs is 7. The van der Waals surface area contributed by atoms with Crippen LogP contribution in [0.2, 0.25) is 0 Å². The third-order valence-corrected chi connectivity index (χ3v) is 11.2. The van der Waals surface area contributed by atoms with Gasteiger partial charge in [0, 0.05) is 38.8 Å². The predicted octanol–water partition coefficient (Wildman–Crippen LogP) is 15.5. The monoisotopic (exact) mass is 713 g/mol. The second-order valence-corrected chi connectivity index (χ2v) is 14.5. The van der Waals surface area contributed by atoms with Crippen molar-refractivity contribution >= 4 is 71.3 Å². The van der Waals surface area contributed by atoms with Gasteiger partial charge in [0.2, 0.25) is 0 Å². The fourth-order valence-electron chi connectivity index (χ4n) is 8.45. The predicted molar refractivity (Wildman–Crippen MR) is 237 cm³/mol. The molecular weight excluding hydrogens is 679 g/mol. The van der Waals surface area contributed by atoms with E-state index in [2.05, 4.69) is 217 Å². The third kappa shape index (κ3) is 5.42. The van der Waals surface area contributed by atoms with Gasteiger partial charge in [0.1, 0.15) is 11.2 Å². The van der Waals surface area contributed by atoms with Gasteiger partial charge >= 0.3 is 0 Å². The van der Waals surface area contributed by atoms with Crippen LogP contribution in [0, 0.1) is 0 Å². The second-order valence-electron chi connectivity index (χ2n) is 14.5. The molecule has 56 heavy (non-hydrogen) atoms. The van der Waals surface area contributed by atoms with E-state index in [9.17, 15) is 0 Å². The van der Waals surface area contributed by atoms with Crippen LogP contribution in [0.15, 0.2) is 217 Å². The number of hydrogen-bond acceptors (Lipinski definition) is 2. The third-order valence-electron chi connectivity index (χ3n) is 11.2. The molecule has 0 bridgehead atoms. The van der Waals surface area contributed by atoms with Gasteiger partial charge in [-0.3, -0.25) is 0 Å². The number of hydrogen-bond donors (Lipinski definition) is 0. The molecule has 0 atom stereocenters. The van der Waals surface area contributed by atoms with Gasteiger partial charge in [-0.2, -0.15) is 0 Å². The number of furan rings is 1. The van der Waals surface area contributed by atoms with Crippen LogP contribution in [-0.2, 0) is 0 Å². The van der Waals surface area contributed by atoms with Gasteiger partial charge < -0.3 is 9.32 Å². The van der Waals surface area contributed by atoms with Gasteiger partial charge in [-0.25, -0.2) is 0 Å². The van der Waals surface area contributed by atoms with Gasteiger partial charge in [-0.05, 0) is 103 Å². The number of para-hydroxylation sites is 1. The number of benzene rings is 10. The van der Waals surface area contributed by atoms with E-state index in [-0.39, 0.29) is 0 Å². The van der Waals surface area contributed by atoms with Crippen molar-refractivity contribution in [2.24, 2.45) is 0 Å². The Hall–Kier alpha value is -7.42. The SMILES string of the molecule is c1ccc(-c2cccc(N(c3ccc(-c4cccc5c4oc4c6ccccc6c(-c6ccc7ccccc7c6)cc54)cc3)c3ccc4ccccc4c3)c2)cc1. The van der Waals surface area contributed by atoms with Crippen molar-refractivity contribution in [3.63, 3.8) is 0 Å². The highest BCUT2D eigenvalue weighted by molar-refractivity contribution is 6.21. The Bertz CT molecular complexity index is 3250. The van der Waals surface area contributed by atoms with Crippen molar-refractivity contribution in [1.82, 2.24) is 0 Å². The van der Waals surface area contributed by atoms with Crippen LogP contribution in [0.5, 0.6) is 0 Å². The summed E-state index contributed by atoms with van der Waals surface area (Å²) in [5, 5.41) is 9.46. The van der Waals surface area contributed by atoms with E-state index in [1.165, 1.54) is 49.2 Å². The minimum Gasteiger partial charge on any atom is -0.455 e. The average molecular weight is 714 g/mol. The fourth-order valence-corrected chi connectivity index (χ4v) is 8.45. The van der Waals surface area contributed by atoms with Crippen molar-refractivity contribution in [3.8, 4) is 33.4 Å². The second kappa shape index (κ2) is 13.2. The van der Waals surface area contributed by atoms with E-state index < -0.39 is 0 Å². The summed E-state index contributed by atoms with van der Waals surface area (Å²) in [5.74, 6) is 0. The van der Waals surface area contributed by atoms with Crippen molar-refractivity contribution in [2.45, 2.75) is 0 Å². The molecule has 2 heteroatoms. The standard InChI is InChI=1S/C54H35NO/c1-2-12-36(13-3-1)42-18-10-19-45(33-42)55(46-31-26-38-15-5-7-17-41(38)34-46)44-29-27-39(28-30-44)47-22-11-23-50-52-35-51(43-25-24-37-14-4-6-16-40(37)32-43)48-20-8-9-21-49(48)54(52)56-53(47)50/h1-35H. The lowest BCUT2D eigenvalue weighted by molar-refractivity contribution is 0.674. The Balaban J connectivity index is 1.04. The van der Waals surface area contributed by atoms with Crippen molar-refractivity contribution in [3.05, 3.63) is 212 Å². The molecule has 0 aliphatic carbocycles. The van der Waals surface area contributed by atoms with Gasteiger partial charge in [-0.15, -0.1) is 0 Å². The first-order valence-electron chi connectivity index (χ1n) is 19.2. The summed E-state index contributed by atoms with van der Waals surface area (Å²) in [4.78, 5) is 2.35. The first kappa shape index (κ1) is 32.0. The zero-order chi connectivity index (χ0) is 37.0. The summed E-state index contributed by atoms with van der Waals surface area (Å²) in [6.07, 6.45) is 0. The van der Waals surface area contributed by atoms with Crippen LogP contribution in [0.25, 0.3) is 87.6 Å². The normalized spacial score (nSPS) is 11.6. The van der Waals surface area contributed by atoms with Crippen molar-refractivity contribution in [2.75, 3.05) is 4.90 Å². The zero-order valence-electron chi connectivity index (χ0n) is 30.6. The van der Waals surface area contributed by atoms with Crippen LogP contribution < -0.4 is 4.90 Å². The van der Waals surface area contributed by atoms with Crippen LogP contribution in [0.3, 0.4) is 0 Å². The lowest BCUT2D eigenvalue weighted by atomic mass is 9.93. The molecule has 0 aliphatic rings. The highest BCUT2D eigenvalue weighted by Gasteiger charge is 2.19. The lowest BCUT2D eigenvalue weighted by Gasteiger charge is -2.26. The van der Waals surface area contributed by atoms with E-state index >= 15 is 0 Å². The molecule has 0 radical (unpaired) electrons. The highest BCUT2D eigenvalue weighted by Crippen LogP contribution is 2.44. The minimum atomic E-state index is 0.901. The van der Waals surface area contributed by atoms with E-state index in [4.69, 9.17) is 4.42 Å². The average Bonchev–Trinajstić information content (AvgIpc) is 3.66. The molecular formula is C54H35NO. The molecule has 0 spiro atoms. The molecule has 11 aromatic rings. The fraction of sp³-hybridized carbons (Fsp3) is 0. The number of rotatable bonds is 6. The molecule has 11 rings (SSSR count). The van der Waals surface area contributed by atoms with Gasteiger partial charge in [0.15, 0.2) is 0 Å². The summed E-state index contributed by atoms with van der Waals surface area (Å²) in [5.41, 5.74) is 12.1. The maximum absolute atomic E-state index is 6.91. The first-order chi connectivity index (χ1) is 27.7. The summed E-state index contributed by atoms with van der Waals surface area (Å²) >= 11 is 0. The molecule has 1 aromatic heterocycles. The lowest BCUT2D eigenvalue weighted by Crippen LogP contribution is -2.10. The molecule has 0 N–H and O–H groups in total. The van der Waals surface area contributed by atoms with E-state index in [0.717, 1.165) is 55.5 Å². The number of nitrogens with zero attached hydrogens (tertiary/aromatic N) is 1. The van der Waals surface area contributed by atoms with Crippen LogP contribution in [-0.4, -0.2) is 0 Å². The molecule has 0 saturated carbocycles. The molecule has 10 aromatic carbocycles. The van der Waals surface area contributed by atoms with E-state index in [0.29, 0.717) is 0 Å². The van der Waals surface area contributed by atoms with Gasteiger partial charge in [0.25, 0.3) is 0 Å². The van der Waals surface area contributed by atoms with E-state index in [1.54, 1.807) is 0 Å². The molecule has 0 aliphatic heterocycles. The largest absolute Gasteiger partial charge is 0.455 e. The summed E-state index contributed by atoms with van der Waals surface area (Å²) in [6.45, 7) is 0. The Morgan fingerprint density at radius 1 is 0.268 bits per heavy atom. The Morgan fingerprint density at radius 3 is 1.64 bits per heavy atom. The molecule has 0 fully saturated rings. The smallest absolute Gasteiger partial charge is 0.143 e. The topological polar surface area (TPSA) is 16.4 Å². The molecule has 1 heterocycles. The minimum absolute atomic E-state index is 0.901. The quantitative estimate of drug-likeness (QED) is 0.171. The van der Waals surface area contributed by atoms with Crippen LogP contribution in [0.4, 0.5) is 17.1 Å². The molecule has 2 nitrogen and oxygen atoms in total. The molecule has 0 unspecified atom stereocenters.